The van der Waals surface area contributed by atoms with Gasteiger partial charge in [-0.15, -0.1) is 0 Å². The highest BCUT2D eigenvalue weighted by Gasteiger charge is 2.15. The Morgan fingerprint density at radius 3 is 2.19 bits per heavy atom. The highest BCUT2D eigenvalue weighted by molar-refractivity contribution is 9.11. The van der Waals surface area contributed by atoms with Crippen LogP contribution in [0.15, 0.2) is 51.4 Å². The van der Waals surface area contributed by atoms with Crippen LogP contribution in [-0.2, 0) is 6.42 Å². The molecule has 1 nitrogen and oxygen atoms in total. The van der Waals surface area contributed by atoms with Gasteiger partial charge in [0.25, 0.3) is 0 Å². The molecule has 2 rings (SSSR count). The molecular weight excluding hydrogens is 390 g/mol. The molecule has 0 heterocycles. The lowest BCUT2D eigenvalue weighted by Gasteiger charge is -2.19. The van der Waals surface area contributed by atoms with Crippen molar-refractivity contribution < 1.29 is 0 Å². The summed E-state index contributed by atoms with van der Waals surface area (Å²) in [6.45, 7) is 4.51. The number of nitrogens with one attached hydrogen (secondary N) is 1. The summed E-state index contributed by atoms with van der Waals surface area (Å²) in [5, 5.41) is 3.41. The van der Waals surface area contributed by atoms with Crippen molar-refractivity contribution in [3.05, 3.63) is 68.1 Å². The minimum atomic E-state index is 0.195. The van der Waals surface area contributed by atoms with Crippen molar-refractivity contribution in [2.75, 3.05) is 7.05 Å². The van der Waals surface area contributed by atoms with Crippen LogP contribution in [0, 0.1) is 5.92 Å². The van der Waals surface area contributed by atoms with Gasteiger partial charge in [-0.2, -0.15) is 0 Å². The van der Waals surface area contributed by atoms with E-state index in [4.69, 9.17) is 0 Å². The first kappa shape index (κ1) is 16.7. The molecule has 0 aliphatic rings. The molecule has 0 bridgehead atoms. The summed E-state index contributed by atoms with van der Waals surface area (Å²) < 4.78 is 2.20. The SMILES string of the molecule is CNC(c1ccc(CC(C)C)cc1)c1ccc(Br)cc1Br. The van der Waals surface area contributed by atoms with Crippen LogP contribution in [0.25, 0.3) is 0 Å². The van der Waals surface area contributed by atoms with Crippen LogP contribution in [0.5, 0.6) is 0 Å². The fourth-order valence-electron chi connectivity index (χ4n) is 2.55. The van der Waals surface area contributed by atoms with E-state index in [2.05, 4.69) is 93.5 Å². The van der Waals surface area contributed by atoms with E-state index in [1.54, 1.807) is 0 Å². The van der Waals surface area contributed by atoms with Crippen molar-refractivity contribution in [1.82, 2.24) is 5.32 Å². The second kappa shape index (κ2) is 7.57. The van der Waals surface area contributed by atoms with E-state index in [1.165, 1.54) is 16.7 Å². The van der Waals surface area contributed by atoms with Crippen LogP contribution in [0.1, 0.15) is 36.6 Å². The molecule has 0 saturated carbocycles. The molecule has 0 aliphatic carbocycles. The van der Waals surface area contributed by atoms with Gasteiger partial charge in [0.2, 0.25) is 0 Å². The van der Waals surface area contributed by atoms with Crippen LogP contribution in [0.4, 0.5) is 0 Å². The van der Waals surface area contributed by atoms with E-state index >= 15 is 0 Å². The van der Waals surface area contributed by atoms with Crippen molar-refractivity contribution >= 4 is 31.9 Å². The minimum Gasteiger partial charge on any atom is -0.309 e. The molecule has 21 heavy (non-hydrogen) atoms. The van der Waals surface area contributed by atoms with Gasteiger partial charge in [-0.3, -0.25) is 0 Å². The Labute approximate surface area is 144 Å². The van der Waals surface area contributed by atoms with Gasteiger partial charge < -0.3 is 5.32 Å². The Kier molecular flexibility index (Phi) is 6.03. The van der Waals surface area contributed by atoms with E-state index < -0.39 is 0 Å². The third kappa shape index (κ3) is 4.41. The van der Waals surface area contributed by atoms with Gasteiger partial charge >= 0.3 is 0 Å². The smallest absolute Gasteiger partial charge is 0.0585 e. The van der Waals surface area contributed by atoms with Gasteiger partial charge in [0.15, 0.2) is 0 Å². The van der Waals surface area contributed by atoms with E-state index in [9.17, 15) is 0 Å². The number of halogens is 2. The molecular formula is C18H21Br2N. The summed E-state index contributed by atoms with van der Waals surface area (Å²) in [6, 6.07) is 15.5. The molecule has 1 N–H and O–H groups in total. The Morgan fingerprint density at radius 2 is 1.67 bits per heavy atom. The van der Waals surface area contributed by atoms with Gasteiger partial charge in [0, 0.05) is 8.95 Å². The second-order valence-electron chi connectivity index (χ2n) is 5.73. The maximum atomic E-state index is 3.66. The zero-order chi connectivity index (χ0) is 15.4. The summed E-state index contributed by atoms with van der Waals surface area (Å²) in [5.41, 5.74) is 3.93. The largest absolute Gasteiger partial charge is 0.309 e. The summed E-state index contributed by atoms with van der Waals surface area (Å²) in [4.78, 5) is 0. The molecule has 0 amide bonds. The molecule has 112 valence electrons. The first-order chi connectivity index (χ1) is 10.0. The van der Waals surface area contributed by atoms with Crippen LogP contribution in [-0.4, -0.2) is 7.05 Å². The van der Waals surface area contributed by atoms with E-state index in [-0.39, 0.29) is 6.04 Å². The van der Waals surface area contributed by atoms with Crippen molar-refractivity contribution in [3.63, 3.8) is 0 Å². The lowest BCUT2D eigenvalue weighted by molar-refractivity contribution is 0.645. The van der Waals surface area contributed by atoms with Crippen LogP contribution in [0.3, 0.4) is 0 Å². The normalized spacial score (nSPS) is 12.7. The number of rotatable bonds is 5. The molecule has 0 aliphatic heterocycles. The highest BCUT2D eigenvalue weighted by Crippen LogP contribution is 2.31. The summed E-state index contributed by atoms with van der Waals surface area (Å²) in [5.74, 6) is 0.691. The summed E-state index contributed by atoms with van der Waals surface area (Å²) >= 11 is 7.17. The van der Waals surface area contributed by atoms with Gasteiger partial charge in [-0.1, -0.05) is 76.0 Å². The Bertz CT molecular complexity index is 591. The van der Waals surface area contributed by atoms with E-state index in [0.717, 1.165) is 15.4 Å². The summed E-state index contributed by atoms with van der Waals surface area (Å²) in [7, 11) is 2.00. The molecule has 0 saturated heterocycles. The van der Waals surface area contributed by atoms with Gasteiger partial charge in [-0.05, 0) is 48.2 Å². The topological polar surface area (TPSA) is 12.0 Å². The van der Waals surface area contributed by atoms with Crippen molar-refractivity contribution in [3.8, 4) is 0 Å². The molecule has 1 atom stereocenters. The molecule has 0 aromatic heterocycles. The zero-order valence-electron chi connectivity index (χ0n) is 12.7. The van der Waals surface area contributed by atoms with Crippen molar-refractivity contribution in [2.24, 2.45) is 5.92 Å². The number of hydrogen-bond donors (Lipinski definition) is 1. The zero-order valence-corrected chi connectivity index (χ0v) is 15.8. The predicted molar refractivity (Wildman–Crippen MR) is 97.7 cm³/mol. The maximum Gasteiger partial charge on any atom is 0.0585 e. The quantitative estimate of drug-likeness (QED) is 0.664. The lowest BCUT2D eigenvalue weighted by Crippen LogP contribution is -2.18. The fourth-order valence-corrected chi connectivity index (χ4v) is 3.83. The Hall–Kier alpha value is -0.640. The Balaban J connectivity index is 2.28. The van der Waals surface area contributed by atoms with Crippen LogP contribution in [0.2, 0.25) is 0 Å². The van der Waals surface area contributed by atoms with Gasteiger partial charge in [0.1, 0.15) is 0 Å². The molecule has 3 heteroatoms. The van der Waals surface area contributed by atoms with Crippen molar-refractivity contribution in [2.45, 2.75) is 26.3 Å². The first-order valence-electron chi connectivity index (χ1n) is 7.22. The average Bonchev–Trinajstić information content (AvgIpc) is 2.43. The molecule has 0 fully saturated rings. The first-order valence-corrected chi connectivity index (χ1v) is 8.81. The molecule has 2 aromatic carbocycles. The molecule has 1 unspecified atom stereocenters. The summed E-state index contributed by atoms with van der Waals surface area (Å²) in [6.07, 6.45) is 1.13. The fraction of sp³-hybridized carbons (Fsp3) is 0.333. The van der Waals surface area contributed by atoms with Gasteiger partial charge in [0.05, 0.1) is 6.04 Å². The molecule has 2 aromatic rings. The maximum absolute atomic E-state index is 3.66. The van der Waals surface area contributed by atoms with E-state index in [1.807, 2.05) is 7.05 Å². The van der Waals surface area contributed by atoms with Gasteiger partial charge in [-0.25, -0.2) is 0 Å². The average molecular weight is 411 g/mol. The molecule has 0 radical (unpaired) electrons. The predicted octanol–water partition coefficient (Wildman–Crippen LogP) is 5.72. The monoisotopic (exact) mass is 409 g/mol. The third-order valence-electron chi connectivity index (χ3n) is 3.52. The Morgan fingerprint density at radius 1 is 1.00 bits per heavy atom. The second-order valence-corrected chi connectivity index (χ2v) is 7.50. The van der Waals surface area contributed by atoms with Crippen molar-refractivity contribution in [1.29, 1.82) is 0 Å². The van der Waals surface area contributed by atoms with Crippen LogP contribution >= 0.6 is 31.9 Å². The van der Waals surface area contributed by atoms with Crippen LogP contribution < -0.4 is 5.32 Å². The standard InChI is InChI=1S/C18H21Br2N/c1-12(2)10-13-4-6-14(7-5-13)18(21-3)16-9-8-15(19)11-17(16)20/h4-9,11-12,18,21H,10H2,1-3H3. The lowest BCUT2D eigenvalue weighted by atomic mass is 9.96. The molecule has 0 spiro atoms. The number of benzene rings is 2. The highest BCUT2D eigenvalue weighted by atomic mass is 79.9. The minimum absolute atomic E-state index is 0.195. The van der Waals surface area contributed by atoms with E-state index in [0.29, 0.717) is 5.92 Å². The third-order valence-corrected chi connectivity index (χ3v) is 4.70. The number of hydrogen-bond acceptors (Lipinski definition) is 1.